The van der Waals surface area contributed by atoms with Crippen molar-refractivity contribution in [3.05, 3.63) is 61.9 Å². The lowest BCUT2D eigenvalue weighted by molar-refractivity contribution is -0.139. The summed E-state index contributed by atoms with van der Waals surface area (Å²) in [7, 11) is 0. The summed E-state index contributed by atoms with van der Waals surface area (Å²) in [4.78, 5) is 37.4. The molecule has 7 nitrogen and oxygen atoms in total. The van der Waals surface area contributed by atoms with Gasteiger partial charge in [0.15, 0.2) is 18.1 Å². The number of carbonyl (C=O) groups is 3. The van der Waals surface area contributed by atoms with Crippen LogP contribution in [-0.2, 0) is 16.1 Å². The Bertz CT molecular complexity index is 1060. The van der Waals surface area contributed by atoms with Gasteiger partial charge >= 0.3 is 5.97 Å². The van der Waals surface area contributed by atoms with E-state index in [4.69, 9.17) is 26.2 Å². The van der Waals surface area contributed by atoms with Crippen molar-refractivity contribution in [3.63, 3.8) is 0 Å². The van der Waals surface area contributed by atoms with Crippen LogP contribution < -0.4 is 9.47 Å². The SMILES string of the molecule is CCOc1cc(/C=C2\SC(=O)N(Cc3ccc(Cl)cc3)C2=O)c(Br)cc1OCC(=O)O. The van der Waals surface area contributed by atoms with E-state index in [0.29, 0.717) is 27.4 Å². The Morgan fingerprint density at radius 2 is 1.87 bits per heavy atom. The minimum atomic E-state index is -1.11. The molecule has 0 atom stereocenters. The smallest absolute Gasteiger partial charge is 0.341 e. The molecule has 10 heteroatoms. The topological polar surface area (TPSA) is 93.1 Å². The van der Waals surface area contributed by atoms with Crippen LogP contribution >= 0.6 is 39.3 Å². The number of ether oxygens (including phenoxy) is 2. The summed E-state index contributed by atoms with van der Waals surface area (Å²) in [5.74, 6) is -0.930. The van der Waals surface area contributed by atoms with E-state index in [1.807, 2.05) is 0 Å². The average molecular weight is 527 g/mol. The van der Waals surface area contributed by atoms with E-state index in [9.17, 15) is 14.4 Å². The first-order chi connectivity index (χ1) is 14.8. The van der Waals surface area contributed by atoms with Crippen LogP contribution in [0.4, 0.5) is 4.79 Å². The van der Waals surface area contributed by atoms with Gasteiger partial charge in [0.25, 0.3) is 11.1 Å². The Kier molecular flexibility index (Phi) is 7.64. The molecule has 1 aliphatic rings. The van der Waals surface area contributed by atoms with Gasteiger partial charge in [-0.15, -0.1) is 0 Å². The minimum absolute atomic E-state index is 0.145. The molecule has 1 N–H and O–H groups in total. The Balaban J connectivity index is 1.85. The molecular formula is C21H17BrClNO6S. The lowest BCUT2D eigenvalue weighted by Crippen LogP contribution is -2.27. The number of amides is 2. The van der Waals surface area contributed by atoms with Crippen molar-refractivity contribution >= 4 is 62.5 Å². The monoisotopic (exact) mass is 525 g/mol. The molecule has 1 aliphatic heterocycles. The molecule has 1 fully saturated rings. The fraction of sp³-hybridized carbons (Fsp3) is 0.190. The molecule has 0 radical (unpaired) electrons. The first kappa shape index (κ1) is 23.2. The first-order valence-corrected chi connectivity index (χ1v) is 11.1. The van der Waals surface area contributed by atoms with E-state index in [0.717, 1.165) is 17.3 Å². The number of nitrogens with zero attached hydrogens (tertiary/aromatic N) is 1. The summed E-state index contributed by atoms with van der Waals surface area (Å²) in [6, 6.07) is 10.1. The number of aliphatic carboxylic acids is 1. The Morgan fingerprint density at radius 3 is 2.52 bits per heavy atom. The Labute approximate surface area is 196 Å². The molecule has 2 amide bonds. The molecule has 2 aromatic rings. The fourth-order valence-corrected chi connectivity index (χ4v) is 4.12. The van der Waals surface area contributed by atoms with Crippen LogP contribution in [0.1, 0.15) is 18.1 Å². The van der Waals surface area contributed by atoms with Gasteiger partial charge in [-0.3, -0.25) is 14.5 Å². The third-order valence-corrected chi connectivity index (χ3v) is 5.97. The maximum Gasteiger partial charge on any atom is 0.341 e. The lowest BCUT2D eigenvalue weighted by Gasteiger charge is -2.13. The van der Waals surface area contributed by atoms with Crippen molar-refractivity contribution < 1.29 is 29.0 Å². The number of halogens is 2. The molecule has 0 unspecified atom stereocenters. The molecule has 162 valence electrons. The van der Waals surface area contributed by atoms with Crippen molar-refractivity contribution in [2.45, 2.75) is 13.5 Å². The average Bonchev–Trinajstić information content (AvgIpc) is 2.98. The molecule has 31 heavy (non-hydrogen) atoms. The summed E-state index contributed by atoms with van der Waals surface area (Å²) in [6.45, 7) is 1.74. The van der Waals surface area contributed by atoms with Gasteiger partial charge in [0.2, 0.25) is 0 Å². The zero-order valence-electron chi connectivity index (χ0n) is 16.3. The Hall–Kier alpha value is -2.49. The van der Waals surface area contributed by atoms with Crippen molar-refractivity contribution in [2.75, 3.05) is 13.2 Å². The van der Waals surface area contributed by atoms with Crippen molar-refractivity contribution in [2.24, 2.45) is 0 Å². The number of rotatable bonds is 8. The molecule has 1 heterocycles. The lowest BCUT2D eigenvalue weighted by atomic mass is 10.1. The first-order valence-electron chi connectivity index (χ1n) is 9.09. The highest BCUT2D eigenvalue weighted by Crippen LogP contribution is 2.38. The predicted molar refractivity (Wildman–Crippen MR) is 121 cm³/mol. The third-order valence-electron chi connectivity index (χ3n) is 4.13. The van der Waals surface area contributed by atoms with Gasteiger partial charge in [-0.25, -0.2) is 4.79 Å². The van der Waals surface area contributed by atoms with E-state index in [-0.39, 0.29) is 22.4 Å². The van der Waals surface area contributed by atoms with Crippen LogP contribution in [0.15, 0.2) is 45.8 Å². The number of hydrogen-bond acceptors (Lipinski definition) is 6. The number of carbonyl (C=O) groups excluding carboxylic acids is 2. The molecule has 0 aliphatic carbocycles. The quantitative estimate of drug-likeness (QED) is 0.473. The second-order valence-corrected chi connectivity index (χ2v) is 8.61. The van der Waals surface area contributed by atoms with E-state index in [2.05, 4.69) is 15.9 Å². The number of benzene rings is 2. The van der Waals surface area contributed by atoms with Crippen LogP contribution in [-0.4, -0.2) is 40.3 Å². The zero-order valence-corrected chi connectivity index (χ0v) is 19.4. The van der Waals surface area contributed by atoms with Crippen molar-refractivity contribution in [1.29, 1.82) is 0 Å². The summed E-state index contributed by atoms with van der Waals surface area (Å²) in [5, 5.41) is 9.04. The highest BCUT2D eigenvalue weighted by Gasteiger charge is 2.35. The summed E-state index contributed by atoms with van der Waals surface area (Å²) >= 11 is 10.1. The molecule has 0 aromatic heterocycles. The van der Waals surface area contributed by atoms with E-state index in [1.54, 1.807) is 49.4 Å². The maximum atomic E-state index is 12.8. The van der Waals surface area contributed by atoms with Gasteiger partial charge in [0.05, 0.1) is 18.1 Å². The molecular weight excluding hydrogens is 510 g/mol. The van der Waals surface area contributed by atoms with Crippen LogP contribution in [0, 0.1) is 0 Å². The summed E-state index contributed by atoms with van der Waals surface area (Å²) in [5.41, 5.74) is 1.37. The summed E-state index contributed by atoms with van der Waals surface area (Å²) < 4.78 is 11.4. The van der Waals surface area contributed by atoms with Gasteiger partial charge in [-0.1, -0.05) is 39.7 Å². The fourth-order valence-electron chi connectivity index (χ4n) is 2.73. The molecule has 1 saturated heterocycles. The predicted octanol–water partition coefficient (Wildman–Crippen LogP) is 5.20. The summed E-state index contributed by atoms with van der Waals surface area (Å²) in [6.07, 6.45) is 1.58. The van der Waals surface area contributed by atoms with E-state index < -0.39 is 18.5 Å². The van der Waals surface area contributed by atoms with Gasteiger partial charge in [0.1, 0.15) is 0 Å². The largest absolute Gasteiger partial charge is 0.490 e. The third kappa shape index (κ3) is 5.81. The van der Waals surface area contributed by atoms with Crippen LogP contribution in [0.2, 0.25) is 5.02 Å². The zero-order chi connectivity index (χ0) is 22.5. The second-order valence-electron chi connectivity index (χ2n) is 6.33. The van der Waals surface area contributed by atoms with Gasteiger partial charge in [-0.2, -0.15) is 0 Å². The molecule has 3 rings (SSSR count). The van der Waals surface area contributed by atoms with E-state index >= 15 is 0 Å². The Morgan fingerprint density at radius 1 is 1.19 bits per heavy atom. The van der Waals surface area contributed by atoms with Crippen molar-refractivity contribution in [1.82, 2.24) is 4.90 Å². The van der Waals surface area contributed by atoms with Gasteiger partial charge in [-0.05, 0) is 60.2 Å². The second kappa shape index (κ2) is 10.2. The minimum Gasteiger partial charge on any atom is -0.490 e. The number of imide groups is 1. The molecule has 0 saturated carbocycles. The van der Waals surface area contributed by atoms with Gasteiger partial charge in [0, 0.05) is 9.50 Å². The number of carboxylic acid groups (broad SMARTS) is 1. The standard InChI is InChI=1S/C21H17BrClNO6S/c1-2-29-16-7-13(15(22)9-17(16)30-11-19(25)26)8-18-20(27)24(21(28)31-18)10-12-3-5-14(23)6-4-12/h3-9H,2,10-11H2,1H3,(H,25,26)/b18-8-. The van der Waals surface area contributed by atoms with Crippen LogP contribution in [0.3, 0.4) is 0 Å². The molecule has 2 aromatic carbocycles. The van der Waals surface area contributed by atoms with Crippen LogP contribution in [0.25, 0.3) is 6.08 Å². The van der Waals surface area contributed by atoms with Crippen molar-refractivity contribution in [3.8, 4) is 11.5 Å². The molecule has 0 spiro atoms. The van der Waals surface area contributed by atoms with Crippen LogP contribution in [0.5, 0.6) is 11.5 Å². The number of carboxylic acids is 1. The highest BCUT2D eigenvalue weighted by molar-refractivity contribution is 9.10. The number of hydrogen-bond donors (Lipinski definition) is 1. The highest BCUT2D eigenvalue weighted by atomic mass is 79.9. The van der Waals surface area contributed by atoms with Gasteiger partial charge < -0.3 is 14.6 Å². The number of thioether (sulfide) groups is 1. The normalized spacial score (nSPS) is 14.9. The maximum absolute atomic E-state index is 12.8. The van der Waals surface area contributed by atoms with E-state index in [1.165, 1.54) is 4.90 Å². The molecule has 0 bridgehead atoms.